The molecule has 0 bridgehead atoms. The number of halogens is 1. The second-order valence-corrected chi connectivity index (χ2v) is 6.63. The van der Waals surface area contributed by atoms with Crippen molar-refractivity contribution >= 4 is 16.8 Å². The SMILES string of the molecule is C[S@@](=O)CCNC(=O)N[C@@H](c1ccccc1)c1cccc(F)c1. The topological polar surface area (TPSA) is 58.2 Å². The van der Waals surface area contributed by atoms with Gasteiger partial charge in [0.25, 0.3) is 0 Å². The third-order valence-corrected chi connectivity index (χ3v) is 4.04. The summed E-state index contributed by atoms with van der Waals surface area (Å²) in [7, 11) is -0.962. The molecule has 2 amide bonds. The fourth-order valence-corrected chi connectivity index (χ4v) is 2.57. The van der Waals surface area contributed by atoms with Crippen LogP contribution in [0.1, 0.15) is 17.2 Å². The maximum Gasteiger partial charge on any atom is 0.315 e. The van der Waals surface area contributed by atoms with Gasteiger partial charge in [0.05, 0.1) is 6.04 Å². The lowest BCUT2D eigenvalue weighted by Crippen LogP contribution is -2.39. The third kappa shape index (κ3) is 5.49. The lowest BCUT2D eigenvalue weighted by molar-refractivity contribution is 0.239. The monoisotopic (exact) mass is 334 g/mol. The summed E-state index contributed by atoms with van der Waals surface area (Å²) in [5.41, 5.74) is 1.51. The molecule has 2 N–H and O–H groups in total. The van der Waals surface area contributed by atoms with E-state index in [9.17, 15) is 13.4 Å². The zero-order valence-corrected chi connectivity index (χ0v) is 13.6. The van der Waals surface area contributed by atoms with Gasteiger partial charge in [0.15, 0.2) is 0 Å². The Labute approximate surface area is 137 Å². The van der Waals surface area contributed by atoms with Gasteiger partial charge in [-0.1, -0.05) is 42.5 Å². The maximum absolute atomic E-state index is 13.5. The van der Waals surface area contributed by atoms with Crippen molar-refractivity contribution in [3.05, 3.63) is 71.5 Å². The fourth-order valence-electron chi connectivity index (χ4n) is 2.18. The van der Waals surface area contributed by atoms with Crippen molar-refractivity contribution in [1.82, 2.24) is 10.6 Å². The van der Waals surface area contributed by atoms with E-state index in [0.29, 0.717) is 17.9 Å². The molecule has 2 atom stereocenters. The van der Waals surface area contributed by atoms with Crippen molar-refractivity contribution in [2.45, 2.75) is 6.04 Å². The van der Waals surface area contributed by atoms with Crippen LogP contribution in [0, 0.1) is 5.82 Å². The molecular formula is C17H19FN2O2S. The molecule has 4 nitrogen and oxygen atoms in total. The van der Waals surface area contributed by atoms with Crippen molar-refractivity contribution < 1.29 is 13.4 Å². The van der Waals surface area contributed by atoms with E-state index in [1.807, 2.05) is 30.3 Å². The number of hydrogen-bond donors (Lipinski definition) is 2. The number of amides is 2. The predicted octanol–water partition coefficient (Wildman–Crippen LogP) is 2.59. The first-order valence-electron chi connectivity index (χ1n) is 7.21. The molecule has 6 heteroatoms. The Morgan fingerprint density at radius 2 is 1.83 bits per heavy atom. The molecule has 0 fully saturated rings. The van der Waals surface area contributed by atoms with Crippen LogP contribution in [0.3, 0.4) is 0 Å². The summed E-state index contributed by atoms with van der Waals surface area (Å²) in [5, 5.41) is 5.50. The molecule has 2 rings (SSSR count). The molecule has 23 heavy (non-hydrogen) atoms. The van der Waals surface area contributed by atoms with E-state index < -0.39 is 16.8 Å². The van der Waals surface area contributed by atoms with Crippen LogP contribution in [0.5, 0.6) is 0 Å². The van der Waals surface area contributed by atoms with Crippen LogP contribution in [-0.2, 0) is 10.8 Å². The lowest BCUT2D eigenvalue weighted by Gasteiger charge is -2.20. The highest BCUT2D eigenvalue weighted by atomic mass is 32.2. The average molecular weight is 334 g/mol. The summed E-state index contributed by atoms with van der Waals surface area (Å²) in [5.74, 6) is 0.0376. The zero-order chi connectivity index (χ0) is 16.7. The van der Waals surface area contributed by atoms with E-state index in [1.165, 1.54) is 12.1 Å². The molecule has 0 saturated heterocycles. The largest absolute Gasteiger partial charge is 0.337 e. The quantitative estimate of drug-likeness (QED) is 0.853. The van der Waals surface area contributed by atoms with Crippen molar-refractivity contribution in [3.8, 4) is 0 Å². The van der Waals surface area contributed by atoms with Gasteiger partial charge in [0.1, 0.15) is 5.82 Å². The van der Waals surface area contributed by atoms with Crippen molar-refractivity contribution in [2.24, 2.45) is 0 Å². The summed E-state index contributed by atoms with van der Waals surface area (Å²) >= 11 is 0. The van der Waals surface area contributed by atoms with Crippen LogP contribution in [0.15, 0.2) is 54.6 Å². The molecule has 0 heterocycles. The summed E-state index contributed by atoms with van der Waals surface area (Å²) in [6.45, 7) is 0.319. The van der Waals surface area contributed by atoms with Crippen LogP contribution in [0.2, 0.25) is 0 Å². The van der Waals surface area contributed by atoms with Crippen LogP contribution < -0.4 is 10.6 Å². The number of rotatable bonds is 6. The van der Waals surface area contributed by atoms with E-state index in [4.69, 9.17) is 0 Å². The van der Waals surface area contributed by atoms with E-state index in [-0.39, 0.29) is 11.8 Å². The van der Waals surface area contributed by atoms with Crippen molar-refractivity contribution in [1.29, 1.82) is 0 Å². The average Bonchev–Trinajstić information content (AvgIpc) is 2.53. The van der Waals surface area contributed by atoms with Gasteiger partial charge in [0, 0.05) is 29.4 Å². The van der Waals surface area contributed by atoms with Crippen LogP contribution >= 0.6 is 0 Å². The van der Waals surface area contributed by atoms with E-state index in [0.717, 1.165) is 5.56 Å². The minimum Gasteiger partial charge on any atom is -0.337 e. The lowest BCUT2D eigenvalue weighted by atomic mass is 9.99. The van der Waals surface area contributed by atoms with Crippen LogP contribution in [0.4, 0.5) is 9.18 Å². The molecular weight excluding hydrogens is 315 g/mol. The van der Waals surface area contributed by atoms with Crippen molar-refractivity contribution in [2.75, 3.05) is 18.6 Å². The molecule has 0 aliphatic rings. The molecule has 0 radical (unpaired) electrons. The van der Waals surface area contributed by atoms with Gasteiger partial charge >= 0.3 is 6.03 Å². The molecule has 122 valence electrons. The summed E-state index contributed by atoms with van der Waals surface area (Å²) in [6, 6.07) is 14.6. The van der Waals surface area contributed by atoms with Gasteiger partial charge in [-0.2, -0.15) is 0 Å². The van der Waals surface area contributed by atoms with Gasteiger partial charge in [-0.05, 0) is 23.3 Å². The Morgan fingerprint density at radius 3 is 2.48 bits per heavy atom. The first kappa shape index (κ1) is 17.1. The molecule has 0 unspecified atom stereocenters. The fraction of sp³-hybridized carbons (Fsp3) is 0.235. The van der Waals surface area contributed by atoms with Crippen LogP contribution in [0.25, 0.3) is 0 Å². The molecule has 0 aliphatic carbocycles. The molecule has 2 aromatic carbocycles. The Kier molecular flexibility index (Phi) is 6.29. The number of hydrogen-bond acceptors (Lipinski definition) is 2. The third-order valence-electron chi connectivity index (χ3n) is 3.27. The smallest absolute Gasteiger partial charge is 0.315 e. The normalized spacial score (nSPS) is 13.1. The number of carbonyl (C=O) groups excluding carboxylic acids is 1. The van der Waals surface area contributed by atoms with E-state index >= 15 is 0 Å². The standard InChI is InChI=1S/C17H19FN2O2S/c1-23(22)11-10-19-17(21)20-16(13-6-3-2-4-7-13)14-8-5-9-15(18)12-14/h2-9,12,16H,10-11H2,1H3,(H2,19,20,21)/t16-,23+/m0/s1. The van der Waals surface area contributed by atoms with Gasteiger partial charge < -0.3 is 10.6 Å². The van der Waals surface area contributed by atoms with Gasteiger partial charge in [-0.3, -0.25) is 4.21 Å². The van der Waals surface area contributed by atoms with Crippen molar-refractivity contribution in [3.63, 3.8) is 0 Å². The Hall–Kier alpha value is -2.21. The molecule has 0 aromatic heterocycles. The summed E-state index contributed by atoms with van der Waals surface area (Å²) < 4.78 is 24.5. The predicted molar refractivity (Wildman–Crippen MR) is 90.2 cm³/mol. The summed E-state index contributed by atoms with van der Waals surface area (Å²) in [6.07, 6.45) is 1.58. The second kappa shape index (κ2) is 8.43. The first-order chi connectivity index (χ1) is 11.1. The highest BCUT2D eigenvalue weighted by Crippen LogP contribution is 2.22. The van der Waals surface area contributed by atoms with E-state index in [2.05, 4.69) is 10.6 Å². The number of urea groups is 1. The Balaban J connectivity index is 2.15. The Bertz CT molecular complexity index is 679. The first-order valence-corrected chi connectivity index (χ1v) is 8.94. The highest BCUT2D eigenvalue weighted by molar-refractivity contribution is 7.84. The van der Waals surface area contributed by atoms with Crippen LogP contribution in [-0.4, -0.2) is 28.8 Å². The second-order valence-electron chi connectivity index (χ2n) is 5.08. The van der Waals surface area contributed by atoms with Gasteiger partial charge in [0.2, 0.25) is 0 Å². The Morgan fingerprint density at radius 1 is 1.13 bits per heavy atom. The maximum atomic E-state index is 13.5. The molecule has 0 spiro atoms. The zero-order valence-electron chi connectivity index (χ0n) is 12.8. The summed E-state index contributed by atoms with van der Waals surface area (Å²) in [4.78, 5) is 12.1. The van der Waals surface area contributed by atoms with E-state index in [1.54, 1.807) is 18.4 Å². The molecule has 2 aromatic rings. The minimum absolute atomic E-state index is 0.319. The number of benzene rings is 2. The molecule has 0 saturated carbocycles. The minimum atomic E-state index is -0.962. The van der Waals surface area contributed by atoms with Gasteiger partial charge in [-0.25, -0.2) is 9.18 Å². The molecule has 0 aliphatic heterocycles. The number of nitrogens with one attached hydrogen (secondary N) is 2. The number of carbonyl (C=O) groups is 1. The van der Waals surface area contributed by atoms with Gasteiger partial charge in [-0.15, -0.1) is 0 Å². The highest BCUT2D eigenvalue weighted by Gasteiger charge is 2.17.